The first-order valence-electron chi connectivity index (χ1n) is 9.06. The topological polar surface area (TPSA) is 18.5 Å². The molecule has 2 aromatic carbocycles. The van der Waals surface area contributed by atoms with Crippen LogP contribution >= 0.6 is 12.2 Å². The van der Waals surface area contributed by atoms with Crippen LogP contribution in [-0.4, -0.2) is 41.1 Å². The third kappa shape index (κ3) is 6.85. The van der Waals surface area contributed by atoms with Gasteiger partial charge in [-0.05, 0) is 36.4 Å². The Bertz CT molecular complexity index is 570. The summed E-state index contributed by atoms with van der Waals surface area (Å²) in [6.07, 6.45) is 0. The van der Waals surface area contributed by atoms with E-state index < -0.39 is 0 Å². The highest BCUT2D eigenvalue weighted by atomic mass is 32.1. The maximum atomic E-state index is 5.69. The Balaban J connectivity index is 1.98. The molecule has 0 aliphatic heterocycles. The van der Waals surface area contributed by atoms with Crippen LogP contribution in [0.2, 0.25) is 0 Å². The van der Waals surface area contributed by atoms with E-state index in [4.69, 9.17) is 12.2 Å². The van der Waals surface area contributed by atoms with Crippen LogP contribution in [0.15, 0.2) is 60.7 Å². The highest BCUT2D eigenvalue weighted by Crippen LogP contribution is 2.10. The molecular weight excluding hydrogens is 326 g/mol. The first kappa shape index (κ1) is 19.4. The Morgan fingerprint density at radius 3 is 1.76 bits per heavy atom. The standard InChI is InChI=1S/C21H29N3S/c1-3-23(4-2)16-15-22-21(25)24(17-19-11-7-5-8-12-19)18-20-13-9-6-10-14-20/h5-14H,3-4,15-18H2,1-2H3,(H,22,25). The lowest BCUT2D eigenvalue weighted by Gasteiger charge is -2.27. The van der Waals surface area contributed by atoms with Crippen molar-refractivity contribution >= 4 is 17.3 Å². The van der Waals surface area contributed by atoms with Crippen LogP contribution in [0, 0.1) is 0 Å². The molecule has 2 aromatic rings. The summed E-state index contributed by atoms with van der Waals surface area (Å²) in [6.45, 7) is 10.0. The van der Waals surface area contributed by atoms with Gasteiger partial charge in [0.2, 0.25) is 0 Å². The van der Waals surface area contributed by atoms with Crippen molar-refractivity contribution in [2.45, 2.75) is 26.9 Å². The average molecular weight is 356 g/mol. The van der Waals surface area contributed by atoms with Crippen LogP contribution in [0.5, 0.6) is 0 Å². The van der Waals surface area contributed by atoms with Crippen LogP contribution in [0.4, 0.5) is 0 Å². The van der Waals surface area contributed by atoms with Crippen LogP contribution < -0.4 is 5.32 Å². The second-order valence-corrected chi connectivity index (χ2v) is 6.47. The number of nitrogens with zero attached hydrogens (tertiary/aromatic N) is 2. The molecule has 0 aliphatic carbocycles. The fourth-order valence-corrected chi connectivity index (χ4v) is 3.01. The third-order valence-electron chi connectivity index (χ3n) is 4.32. The summed E-state index contributed by atoms with van der Waals surface area (Å²) < 4.78 is 0. The minimum atomic E-state index is 0.812. The quantitative estimate of drug-likeness (QED) is 0.687. The Labute approximate surface area is 157 Å². The lowest BCUT2D eigenvalue weighted by molar-refractivity contribution is 0.305. The molecule has 1 N–H and O–H groups in total. The molecule has 0 aliphatic rings. The fraction of sp³-hybridized carbons (Fsp3) is 0.381. The van der Waals surface area contributed by atoms with Gasteiger partial charge in [-0.3, -0.25) is 0 Å². The molecule has 0 saturated carbocycles. The summed E-state index contributed by atoms with van der Waals surface area (Å²) in [5.74, 6) is 0. The monoisotopic (exact) mass is 355 g/mol. The van der Waals surface area contributed by atoms with Gasteiger partial charge in [0.05, 0.1) is 0 Å². The van der Waals surface area contributed by atoms with Gasteiger partial charge >= 0.3 is 0 Å². The van der Waals surface area contributed by atoms with Gasteiger partial charge in [-0.2, -0.15) is 0 Å². The van der Waals surface area contributed by atoms with Crippen LogP contribution in [0.1, 0.15) is 25.0 Å². The van der Waals surface area contributed by atoms with Gasteiger partial charge in [0.1, 0.15) is 0 Å². The van der Waals surface area contributed by atoms with E-state index in [1.807, 2.05) is 12.1 Å². The number of rotatable bonds is 9. The molecule has 25 heavy (non-hydrogen) atoms. The number of hydrogen-bond acceptors (Lipinski definition) is 2. The zero-order chi connectivity index (χ0) is 17.9. The first-order valence-corrected chi connectivity index (χ1v) is 9.46. The Morgan fingerprint density at radius 1 is 0.840 bits per heavy atom. The predicted molar refractivity (Wildman–Crippen MR) is 111 cm³/mol. The average Bonchev–Trinajstić information content (AvgIpc) is 2.66. The molecular formula is C21H29N3S. The summed E-state index contributed by atoms with van der Waals surface area (Å²) in [6, 6.07) is 21.0. The first-order chi connectivity index (χ1) is 12.2. The molecule has 0 bridgehead atoms. The van der Waals surface area contributed by atoms with E-state index in [1.165, 1.54) is 11.1 Å². The molecule has 0 heterocycles. The molecule has 0 unspecified atom stereocenters. The number of benzene rings is 2. The predicted octanol–water partition coefficient (Wildman–Crippen LogP) is 3.91. The third-order valence-corrected chi connectivity index (χ3v) is 4.72. The van der Waals surface area contributed by atoms with E-state index in [0.29, 0.717) is 0 Å². The summed E-state index contributed by atoms with van der Waals surface area (Å²) in [5.41, 5.74) is 2.54. The molecule has 134 valence electrons. The van der Waals surface area contributed by atoms with Crippen molar-refractivity contribution < 1.29 is 0 Å². The zero-order valence-corrected chi connectivity index (χ0v) is 16.1. The summed E-state index contributed by atoms with van der Waals surface area (Å²) in [4.78, 5) is 4.64. The van der Waals surface area contributed by atoms with Crippen molar-refractivity contribution in [1.29, 1.82) is 0 Å². The zero-order valence-electron chi connectivity index (χ0n) is 15.3. The largest absolute Gasteiger partial charge is 0.361 e. The minimum Gasteiger partial charge on any atom is -0.361 e. The van der Waals surface area contributed by atoms with Crippen molar-refractivity contribution in [1.82, 2.24) is 15.1 Å². The number of likely N-dealkylation sites (N-methyl/N-ethyl adjacent to an activating group) is 1. The molecule has 2 rings (SSSR count). The van der Waals surface area contributed by atoms with Gasteiger partial charge in [0, 0.05) is 26.2 Å². The number of hydrogen-bond donors (Lipinski definition) is 1. The molecule has 4 heteroatoms. The van der Waals surface area contributed by atoms with E-state index >= 15 is 0 Å². The van der Waals surface area contributed by atoms with E-state index in [0.717, 1.165) is 44.4 Å². The van der Waals surface area contributed by atoms with Gasteiger partial charge in [0.25, 0.3) is 0 Å². The summed E-state index contributed by atoms with van der Waals surface area (Å²) in [5, 5.41) is 4.26. The van der Waals surface area contributed by atoms with Crippen molar-refractivity contribution in [2.75, 3.05) is 26.2 Å². The molecule has 0 fully saturated rings. The fourth-order valence-electron chi connectivity index (χ4n) is 2.78. The lowest BCUT2D eigenvalue weighted by Crippen LogP contribution is -2.42. The SMILES string of the molecule is CCN(CC)CCNC(=S)N(Cc1ccccc1)Cc1ccccc1. The second kappa shape index (κ2) is 10.9. The molecule has 0 amide bonds. The van der Waals surface area contributed by atoms with Gasteiger partial charge < -0.3 is 15.1 Å². The Hall–Kier alpha value is -1.91. The molecule has 0 aromatic heterocycles. The van der Waals surface area contributed by atoms with Crippen molar-refractivity contribution in [3.63, 3.8) is 0 Å². The van der Waals surface area contributed by atoms with Gasteiger partial charge in [0.15, 0.2) is 5.11 Å². The Kier molecular flexibility index (Phi) is 8.43. The van der Waals surface area contributed by atoms with E-state index in [2.05, 4.69) is 77.5 Å². The van der Waals surface area contributed by atoms with Crippen molar-refractivity contribution in [2.24, 2.45) is 0 Å². The summed E-state index contributed by atoms with van der Waals surface area (Å²) >= 11 is 5.69. The summed E-state index contributed by atoms with van der Waals surface area (Å²) in [7, 11) is 0. The molecule has 0 atom stereocenters. The van der Waals surface area contributed by atoms with Crippen LogP contribution in [0.25, 0.3) is 0 Å². The maximum Gasteiger partial charge on any atom is 0.169 e. The van der Waals surface area contributed by atoms with Crippen LogP contribution in [-0.2, 0) is 13.1 Å². The smallest absolute Gasteiger partial charge is 0.169 e. The lowest BCUT2D eigenvalue weighted by atomic mass is 10.2. The minimum absolute atomic E-state index is 0.812. The highest BCUT2D eigenvalue weighted by Gasteiger charge is 2.11. The van der Waals surface area contributed by atoms with Crippen molar-refractivity contribution in [3.8, 4) is 0 Å². The Morgan fingerprint density at radius 2 is 1.32 bits per heavy atom. The van der Waals surface area contributed by atoms with E-state index in [-0.39, 0.29) is 0 Å². The second-order valence-electron chi connectivity index (χ2n) is 6.09. The van der Waals surface area contributed by atoms with Gasteiger partial charge in [-0.1, -0.05) is 74.5 Å². The normalized spacial score (nSPS) is 10.7. The molecule has 0 spiro atoms. The van der Waals surface area contributed by atoms with E-state index in [9.17, 15) is 0 Å². The molecule has 3 nitrogen and oxygen atoms in total. The van der Waals surface area contributed by atoms with E-state index in [1.54, 1.807) is 0 Å². The van der Waals surface area contributed by atoms with Gasteiger partial charge in [-0.25, -0.2) is 0 Å². The highest BCUT2D eigenvalue weighted by molar-refractivity contribution is 7.80. The maximum absolute atomic E-state index is 5.69. The van der Waals surface area contributed by atoms with Crippen LogP contribution in [0.3, 0.4) is 0 Å². The number of thiocarbonyl (C=S) groups is 1. The van der Waals surface area contributed by atoms with Gasteiger partial charge in [-0.15, -0.1) is 0 Å². The molecule has 0 radical (unpaired) electrons. The van der Waals surface area contributed by atoms with Crippen molar-refractivity contribution in [3.05, 3.63) is 71.8 Å². The number of nitrogens with one attached hydrogen (secondary N) is 1. The molecule has 0 saturated heterocycles.